The molecule has 0 spiro atoms. The minimum absolute atomic E-state index is 0.136. The van der Waals surface area contributed by atoms with Crippen molar-refractivity contribution in [2.45, 2.75) is 0 Å². The summed E-state index contributed by atoms with van der Waals surface area (Å²) in [6, 6.07) is 13.4. The van der Waals surface area contributed by atoms with Crippen molar-refractivity contribution in [2.24, 2.45) is 0 Å². The zero-order valence-corrected chi connectivity index (χ0v) is 14.4. The van der Waals surface area contributed by atoms with Gasteiger partial charge in [0.1, 0.15) is 13.2 Å². The van der Waals surface area contributed by atoms with Crippen molar-refractivity contribution in [2.75, 3.05) is 18.5 Å². The molecule has 1 aromatic heterocycles. The van der Waals surface area contributed by atoms with Crippen LogP contribution in [0.2, 0.25) is 0 Å². The molecule has 0 aliphatic carbocycles. The molecule has 3 aromatic rings. The van der Waals surface area contributed by atoms with Crippen LogP contribution in [-0.2, 0) is 0 Å². The molecule has 2 heterocycles. The van der Waals surface area contributed by atoms with Gasteiger partial charge in [-0.1, -0.05) is 18.2 Å². The third-order valence-electron chi connectivity index (χ3n) is 3.53. The van der Waals surface area contributed by atoms with Gasteiger partial charge in [0.25, 0.3) is 5.91 Å². The first-order valence-electron chi connectivity index (χ1n) is 7.10. The number of anilines is 1. The zero-order valence-electron chi connectivity index (χ0n) is 12.0. The number of fused-ring (bicyclic) bond motifs is 2. The average molecular weight is 390 g/mol. The topological polar surface area (TPSA) is 47.6 Å². The van der Waals surface area contributed by atoms with Crippen molar-refractivity contribution >= 4 is 48.9 Å². The van der Waals surface area contributed by atoms with E-state index in [1.807, 2.05) is 36.4 Å². The van der Waals surface area contributed by atoms with Crippen LogP contribution in [0.1, 0.15) is 9.67 Å². The molecular formula is C17H12BrNO3S. The highest BCUT2D eigenvalue weighted by Gasteiger charge is 2.17. The number of thiophene rings is 1. The molecule has 1 aliphatic rings. The first kappa shape index (κ1) is 14.5. The summed E-state index contributed by atoms with van der Waals surface area (Å²) in [5, 5.41) is 4.00. The third-order valence-corrected chi connectivity index (χ3v) is 5.30. The Kier molecular flexibility index (Phi) is 3.71. The first-order valence-corrected chi connectivity index (χ1v) is 8.71. The number of hydrogen-bond acceptors (Lipinski definition) is 4. The van der Waals surface area contributed by atoms with Crippen LogP contribution in [-0.4, -0.2) is 19.1 Å². The number of carbonyl (C=O) groups is 1. The van der Waals surface area contributed by atoms with Crippen LogP contribution < -0.4 is 14.8 Å². The number of benzene rings is 2. The molecule has 0 unspecified atom stereocenters. The number of amides is 1. The molecule has 4 nitrogen and oxygen atoms in total. The van der Waals surface area contributed by atoms with Crippen LogP contribution >= 0.6 is 27.3 Å². The highest BCUT2D eigenvalue weighted by molar-refractivity contribution is 9.10. The lowest BCUT2D eigenvalue weighted by atomic mass is 10.2. The SMILES string of the molecule is O=C(Nc1cc2c(cc1Br)OCCO2)c1cc2ccccc2s1. The molecule has 0 saturated heterocycles. The molecule has 0 saturated carbocycles. The summed E-state index contributed by atoms with van der Waals surface area (Å²) < 4.78 is 12.9. The number of ether oxygens (including phenoxy) is 2. The van der Waals surface area contributed by atoms with Gasteiger partial charge in [-0.3, -0.25) is 4.79 Å². The number of halogens is 1. The largest absolute Gasteiger partial charge is 0.486 e. The van der Waals surface area contributed by atoms with Gasteiger partial charge >= 0.3 is 0 Å². The maximum atomic E-state index is 12.5. The van der Waals surface area contributed by atoms with Crippen LogP contribution in [0, 0.1) is 0 Å². The summed E-state index contributed by atoms with van der Waals surface area (Å²) in [6.45, 7) is 1.05. The molecule has 116 valence electrons. The summed E-state index contributed by atoms with van der Waals surface area (Å²) in [5.74, 6) is 1.19. The highest BCUT2D eigenvalue weighted by Crippen LogP contribution is 2.38. The monoisotopic (exact) mass is 389 g/mol. The van der Waals surface area contributed by atoms with Gasteiger partial charge in [-0.15, -0.1) is 11.3 Å². The normalized spacial score (nSPS) is 13.1. The van der Waals surface area contributed by atoms with Gasteiger partial charge in [0.15, 0.2) is 11.5 Å². The quantitative estimate of drug-likeness (QED) is 0.691. The molecule has 6 heteroatoms. The lowest BCUT2D eigenvalue weighted by Crippen LogP contribution is -2.16. The van der Waals surface area contributed by atoms with E-state index in [0.29, 0.717) is 35.3 Å². The van der Waals surface area contributed by atoms with Crippen LogP contribution in [0.5, 0.6) is 11.5 Å². The number of hydrogen-bond donors (Lipinski definition) is 1. The summed E-state index contributed by atoms with van der Waals surface area (Å²) in [5.41, 5.74) is 0.664. The number of rotatable bonds is 2. The van der Waals surface area contributed by atoms with E-state index < -0.39 is 0 Å². The minimum atomic E-state index is -0.136. The van der Waals surface area contributed by atoms with Gasteiger partial charge in [0.05, 0.1) is 10.6 Å². The summed E-state index contributed by atoms with van der Waals surface area (Å²) in [6.07, 6.45) is 0. The molecule has 0 radical (unpaired) electrons. The molecule has 1 amide bonds. The van der Waals surface area contributed by atoms with Crippen molar-refractivity contribution in [1.82, 2.24) is 0 Å². The van der Waals surface area contributed by atoms with E-state index in [0.717, 1.165) is 14.6 Å². The van der Waals surface area contributed by atoms with Crippen molar-refractivity contribution in [3.8, 4) is 11.5 Å². The van der Waals surface area contributed by atoms with Gasteiger partial charge < -0.3 is 14.8 Å². The second-order valence-corrected chi connectivity index (χ2v) is 7.02. The van der Waals surface area contributed by atoms with Crippen LogP contribution in [0.15, 0.2) is 46.9 Å². The Hall–Kier alpha value is -2.05. The Morgan fingerprint density at radius 3 is 2.61 bits per heavy atom. The fraction of sp³-hybridized carbons (Fsp3) is 0.118. The number of carbonyl (C=O) groups excluding carboxylic acids is 1. The van der Waals surface area contributed by atoms with Crippen molar-refractivity contribution < 1.29 is 14.3 Å². The number of nitrogens with one attached hydrogen (secondary N) is 1. The second kappa shape index (κ2) is 5.86. The van der Waals surface area contributed by atoms with Crippen molar-refractivity contribution in [1.29, 1.82) is 0 Å². The van der Waals surface area contributed by atoms with Gasteiger partial charge in [0.2, 0.25) is 0 Å². The summed E-state index contributed by atoms with van der Waals surface area (Å²) >= 11 is 4.94. The Morgan fingerprint density at radius 2 is 1.83 bits per heavy atom. The van der Waals surface area contributed by atoms with Gasteiger partial charge in [-0.05, 0) is 33.4 Å². The second-order valence-electron chi connectivity index (χ2n) is 5.08. The van der Waals surface area contributed by atoms with E-state index in [-0.39, 0.29) is 5.91 Å². The van der Waals surface area contributed by atoms with Crippen molar-refractivity contribution in [3.63, 3.8) is 0 Å². The predicted octanol–water partition coefficient (Wildman–Crippen LogP) is 4.69. The standard InChI is InChI=1S/C17H12BrNO3S/c18-11-8-13-14(22-6-5-21-13)9-12(11)19-17(20)16-7-10-3-1-2-4-15(10)23-16/h1-4,7-9H,5-6H2,(H,19,20). The van der Waals surface area contributed by atoms with E-state index in [2.05, 4.69) is 21.2 Å². The predicted molar refractivity (Wildman–Crippen MR) is 94.9 cm³/mol. The Balaban J connectivity index is 1.63. The van der Waals surface area contributed by atoms with Crippen LogP contribution in [0.4, 0.5) is 5.69 Å². The smallest absolute Gasteiger partial charge is 0.265 e. The molecule has 1 N–H and O–H groups in total. The van der Waals surface area contributed by atoms with Crippen molar-refractivity contribution in [3.05, 3.63) is 51.8 Å². The van der Waals surface area contributed by atoms with E-state index in [1.165, 1.54) is 11.3 Å². The zero-order chi connectivity index (χ0) is 15.8. The third kappa shape index (κ3) is 2.80. The molecule has 4 rings (SSSR count). The molecule has 2 aromatic carbocycles. The Labute approximate surface area is 145 Å². The maximum absolute atomic E-state index is 12.5. The van der Waals surface area contributed by atoms with Gasteiger partial charge in [-0.25, -0.2) is 0 Å². The van der Waals surface area contributed by atoms with Gasteiger partial charge in [-0.2, -0.15) is 0 Å². The van der Waals surface area contributed by atoms with Crippen LogP contribution in [0.25, 0.3) is 10.1 Å². The van der Waals surface area contributed by atoms with Gasteiger partial charge in [0, 0.05) is 21.3 Å². The van der Waals surface area contributed by atoms with E-state index in [4.69, 9.17) is 9.47 Å². The molecule has 1 aliphatic heterocycles. The molecule has 0 atom stereocenters. The fourth-order valence-corrected chi connectivity index (χ4v) is 3.82. The maximum Gasteiger partial charge on any atom is 0.265 e. The van der Waals surface area contributed by atoms with Crippen LogP contribution in [0.3, 0.4) is 0 Å². The van der Waals surface area contributed by atoms with E-state index in [1.54, 1.807) is 6.07 Å². The van der Waals surface area contributed by atoms with E-state index >= 15 is 0 Å². The molecule has 23 heavy (non-hydrogen) atoms. The molecule has 0 bridgehead atoms. The summed E-state index contributed by atoms with van der Waals surface area (Å²) in [4.78, 5) is 13.2. The van der Waals surface area contributed by atoms with E-state index in [9.17, 15) is 4.79 Å². The Bertz CT molecular complexity index is 873. The lowest BCUT2D eigenvalue weighted by molar-refractivity contribution is 0.103. The fourth-order valence-electron chi connectivity index (χ4n) is 2.44. The average Bonchev–Trinajstić information content (AvgIpc) is 3.00. The first-order chi connectivity index (χ1) is 11.2. The highest BCUT2D eigenvalue weighted by atomic mass is 79.9. The Morgan fingerprint density at radius 1 is 1.09 bits per heavy atom. The summed E-state index contributed by atoms with van der Waals surface area (Å²) in [7, 11) is 0. The minimum Gasteiger partial charge on any atom is -0.486 e. The lowest BCUT2D eigenvalue weighted by Gasteiger charge is -2.20. The molecule has 0 fully saturated rings. The molecular weight excluding hydrogens is 378 g/mol.